The highest BCUT2D eigenvalue weighted by molar-refractivity contribution is 7.92. The van der Waals surface area contributed by atoms with E-state index in [9.17, 15) is 21.6 Å². The summed E-state index contributed by atoms with van der Waals surface area (Å²) >= 11 is 0. The molecule has 0 atom stereocenters. The predicted molar refractivity (Wildman–Crippen MR) is 47.9 cm³/mol. The van der Waals surface area contributed by atoms with Crippen molar-refractivity contribution in [3.8, 4) is 11.5 Å². The number of hydrogen-bond donors (Lipinski definition) is 1. The molecule has 0 fully saturated rings. The quantitative estimate of drug-likeness (QED) is 0.874. The van der Waals surface area contributed by atoms with Crippen LogP contribution >= 0.6 is 0 Å². The molecule has 16 heavy (non-hydrogen) atoms. The first-order valence-electron chi connectivity index (χ1n) is 3.88. The highest BCUT2D eigenvalue weighted by Gasteiger charge is 2.48. The molecule has 1 rings (SSSR count). The van der Waals surface area contributed by atoms with Gasteiger partial charge in [0, 0.05) is 6.07 Å². The lowest BCUT2D eigenvalue weighted by molar-refractivity contribution is -0.0437. The number of methoxy groups -OCH3 is 1. The Bertz CT molecular complexity index is 492. The Labute approximate surface area is 89.2 Å². The molecule has 1 aromatic carbocycles. The molecule has 0 amide bonds. The summed E-state index contributed by atoms with van der Waals surface area (Å²) in [6.45, 7) is 0. The van der Waals surface area contributed by atoms with E-state index in [1.807, 2.05) is 0 Å². The average molecular weight is 256 g/mol. The maximum atomic E-state index is 12.2. The number of halogens is 3. The van der Waals surface area contributed by atoms with E-state index in [0.29, 0.717) is 6.07 Å². The van der Waals surface area contributed by atoms with Gasteiger partial charge in [-0.05, 0) is 12.1 Å². The van der Waals surface area contributed by atoms with Gasteiger partial charge in [-0.25, -0.2) is 8.42 Å². The summed E-state index contributed by atoms with van der Waals surface area (Å²) in [5.41, 5.74) is -5.45. The van der Waals surface area contributed by atoms with Crippen molar-refractivity contribution in [1.29, 1.82) is 0 Å². The molecule has 0 aliphatic heterocycles. The highest BCUT2D eigenvalue weighted by Crippen LogP contribution is 2.36. The molecule has 0 saturated carbocycles. The summed E-state index contributed by atoms with van der Waals surface area (Å²) in [6, 6.07) is 2.44. The van der Waals surface area contributed by atoms with Crippen molar-refractivity contribution in [2.45, 2.75) is 10.4 Å². The SMILES string of the molecule is COc1ccc(S(=O)(=O)C(F)(F)F)c(O)c1. The van der Waals surface area contributed by atoms with Crippen LogP contribution in [0.5, 0.6) is 11.5 Å². The van der Waals surface area contributed by atoms with Crippen LogP contribution in [0.25, 0.3) is 0 Å². The summed E-state index contributed by atoms with van der Waals surface area (Å²) < 4.78 is 63.0. The minimum absolute atomic E-state index is 0.0543. The lowest BCUT2D eigenvalue weighted by atomic mass is 10.3. The Morgan fingerprint density at radius 1 is 1.31 bits per heavy atom. The van der Waals surface area contributed by atoms with Gasteiger partial charge in [-0.15, -0.1) is 0 Å². The lowest BCUT2D eigenvalue weighted by Crippen LogP contribution is -2.23. The van der Waals surface area contributed by atoms with Gasteiger partial charge in [-0.2, -0.15) is 13.2 Å². The van der Waals surface area contributed by atoms with Gasteiger partial charge in [0.05, 0.1) is 7.11 Å². The maximum absolute atomic E-state index is 12.2. The van der Waals surface area contributed by atoms with Crippen molar-refractivity contribution in [3.63, 3.8) is 0 Å². The molecule has 0 saturated heterocycles. The molecule has 0 radical (unpaired) electrons. The molecule has 0 aliphatic rings. The van der Waals surface area contributed by atoms with E-state index in [0.717, 1.165) is 12.1 Å². The van der Waals surface area contributed by atoms with Crippen LogP contribution in [0.3, 0.4) is 0 Å². The molecule has 90 valence electrons. The van der Waals surface area contributed by atoms with Crippen LogP contribution in [0.2, 0.25) is 0 Å². The van der Waals surface area contributed by atoms with Crippen LogP contribution in [0.1, 0.15) is 0 Å². The fraction of sp³-hybridized carbons (Fsp3) is 0.250. The van der Waals surface area contributed by atoms with Gasteiger partial charge in [-0.1, -0.05) is 0 Å². The lowest BCUT2D eigenvalue weighted by Gasteiger charge is -2.10. The van der Waals surface area contributed by atoms with Crippen molar-refractivity contribution >= 4 is 9.84 Å². The smallest absolute Gasteiger partial charge is 0.502 e. The standard InChI is InChI=1S/C8H7F3O4S/c1-15-5-2-3-7(6(12)4-5)16(13,14)8(9,10)11/h2-4,12H,1H3. The second-order valence-corrected chi connectivity index (χ2v) is 4.69. The highest BCUT2D eigenvalue weighted by atomic mass is 32.2. The Kier molecular flexibility index (Phi) is 3.04. The number of alkyl halides is 3. The van der Waals surface area contributed by atoms with E-state index in [-0.39, 0.29) is 5.75 Å². The number of phenolic OH excluding ortho intramolecular Hbond substituents is 1. The van der Waals surface area contributed by atoms with Crippen LogP contribution in [-0.2, 0) is 9.84 Å². The molecule has 8 heteroatoms. The van der Waals surface area contributed by atoms with E-state index in [1.165, 1.54) is 7.11 Å². The topological polar surface area (TPSA) is 63.6 Å². The van der Waals surface area contributed by atoms with Gasteiger partial charge >= 0.3 is 5.51 Å². The third-order valence-electron chi connectivity index (χ3n) is 1.76. The number of rotatable bonds is 2. The number of phenols is 1. The minimum atomic E-state index is -5.54. The predicted octanol–water partition coefficient (Wildman–Crippen LogP) is 1.69. The van der Waals surface area contributed by atoms with Crippen LogP contribution < -0.4 is 4.74 Å². The van der Waals surface area contributed by atoms with E-state index in [1.54, 1.807) is 0 Å². The summed E-state index contributed by atoms with van der Waals surface area (Å²) in [7, 11) is -4.31. The zero-order valence-corrected chi connectivity index (χ0v) is 8.76. The third kappa shape index (κ3) is 2.06. The second-order valence-electron chi connectivity index (χ2n) is 2.78. The van der Waals surface area contributed by atoms with Crippen LogP contribution in [-0.4, -0.2) is 26.1 Å². The van der Waals surface area contributed by atoms with Crippen molar-refractivity contribution in [2.24, 2.45) is 0 Å². The largest absolute Gasteiger partial charge is 0.506 e. The van der Waals surface area contributed by atoms with E-state index < -0.39 is 26.0 Å². The zero-order valence-electron chi connectivity index (χ0n) is 7.95. The normalized spacial score (nSPS) is 12.5. The number of hydrogen-bond acceptors (Lipinski definition) is 4. The molecule has 0 spiro atoms. The van der Waals surface area contributed by atoms with Gasteiger partial charge in [0.1, 0.15) is 16.4 Å². The number of aromatic hydroxyl groups is 1. The summed E-state index contributed by atoms with van der Waals surface area (Å²) in [5, 5.41) is 9.16. The van der Waals surface area contributed by atoms with Gasteiger partial charge in [0.25, 0.3) is 9.84 Å². The molecule has 0 heterocycles. The molecule has 4 nitrogen and oxygen atoms in total. The molecule has 0 aliphatic carbocycles. The molecular formula is C8H7F3O4S. The van der Waals surface area contributed by atoms with Crippen molar-refractivity contribution in [3.05, 3.63) is 18.2 Å². The van der Waals surface area contributed by atoms with Gasteiger partial charge in [0.15, 0.2) is 0 Å². The molecule has 1 N–H and O–H groups in total. The molecule has 0 bridgehead atoms. The number of sulfone groups is 1. The summed E-state index contributed by atoms with van der Waals surface area (Å²) in [4.78, 5) is -1.19. The minimum Gasteiger partial charge on any atom is -0.506 e. The Morgan fingerprint density at radius 3 is 2.25 bits per heavy atom. The van der Waals surface area contributed by atoms with Gasteiger partial charge in [-0.3, -0.25) is 0 Å². The zero-order chi connectivity index (χ0) is 12.6. The first-order valence-corrected chi connectivity index (χ1v) is 5.37. The molecule has 1 aromatic rings. The van der Waals surface area contributed by atoms with E-state index in [4.69, 9.17) is 5.11 Å². The average Bonchev–Trinajstić information content (AvgIpc) is 2.15. The van der Waals surface area contributed by atoms with Crippen LogP contribution in [0, 0.1) is 0 Å². The Morgan fingerprint density at radius 2 is 1.88 bits per heavy atom. The second kappa shape index (κ2) is 3.85. The van der Waals surface area contributed by atoms with Crippen LogP contribution in [0.4, 0.5) is 13.2 Å². The first-order chi connectivity index (χ1) is 7.20. The Balaban J connectivity index is 3.36. The van der Waals surface area contributed by atoms with E-state index in [2.05, 4.69) is 4.74 Å². The number of ether oxygens (including phenoxy) is 1. The fourth-order valence-electron chi connectivity index (χ4n) is 0.976. The summed E-state index contributed by atoms with van der Waals surface area (Å²) in [5.74, 6) is -0.949. The maximum Gasteiger partial charge on any atom is 0.502 e. The Hall–Kier alpha value is -1.44. The fourth-order valence-corrected chi connectivity index (χ4v) is 1.81. The van der Waals surface area contributed by atoms with Gasteiger partial charge in [0.2, 0.25) is 0 Å². The molecule has 0 aromatic heterocycles. The van der Waals surface area contributed by atoms with Crippen molar-refractivity contribution in [2.75, 3.05) is 7.11 Å². The van der Waals surface area contributed by atoms with Crippen molar-refractivity contribution < 1.29 is 31.4 Å². The van der Waals surface area contributed by atoms with E-state index >= 15 is 0 Å². The number of benzene rings is 1. The third-order valence-corrected chi connectivity index (χ3v) is 3.29. The molecule has 0 unspecified atom stereocenters. The first kappa shape index (κ1) is 12.6. The summed E-state index contributed by atoms with van der Waals surface area (Å²) in [6.07, 6.45) is 0. The van der Waals surface area contributed by atoms with Crippen LogP contribution in [0.15, 0.2) is 23.1 Å². The molecular weight excluding hydrogens is 249 g/mol. The monoisotopic (exact) mass is 256 g/mol. The van der Waals surface area contributed by atoms with Crippen molar-refractivity contribution in [1.82, 2.24) is 0 Å². The van der Waals surface area contributed by atoms with Gasteiger partial charge < -0.3 is 9.84 Å².